The number of aromatic amines is 1. The number of hydrogen-bond donors (Lipinski definition) is 1. The average Bonchev–Trinajstić information content (AvgIpc) is 3.34. The first-order valence-corrected chi connectivity index (χ1v) is 12.5. The van der Waals surface area contributed by atoms with Gasteiger partial charge in [0, 0.05) is 43.0 Å². The van der Waals surface area contributed by atoms with Gasteiger partial charge in [0.05, 0.1) is 10.9 Å². The Labute approximate surface area is 214 Å². The van der Waals surface area contributed by atoms with E-state index < -0.39 is 0 Å². The number of amides is 1. The van der Waals surface area contributed by atoms with E-state index in [0.29, 0.717) is 40.9 Å². The van der Waals surface area contributed by atoms with Crippen LogP contribution in [0.2, 0.25) is 0 Å². The SMILES string of the molecule is Cc1ccc(-c2n[nH]n3c2nc(=O)c2ccc(C(=O)N4CCN(c5cc(C)ccc5C)CC4)cc23)cc1. The number of aromatic nitrogens is 4. The van der Waals surface area contributed by atoms with E-state index in [9.17, 15) is 9.59 Å². The molecule has 0 unspecified atom stereocenters. The van der Waals surface area contributed by atoms with Gasteiger partial charge in [0.1, 0.15) is 5.69 Å². The summed E-state index contributed by atoms with van der Waals surface area (Å²) in [6.07, 6.45) is 0. The van der Waals surface area contributed by atoms with Crippen molar-refractivity contribution in [2.75, 3.05) is 31.1 Å². The zero-order chi connectivity index (χ0) is 25.7. The van der Waals surface area contributed by atoms with E-state index in [1.165, 1.54) is 16.8 Å². The van der Waals surface area contributed by atoms with Crippen LogP contribution in [-0.2, 0) is 0 Å². The minimum absolute atomic E-state index is 0.0428. The fourth-order valence-corrected chi connectivity index (χ4v) is 5.06. The standard InChI is InChI=1S/C29H28N6O2/c1-18-5-8-21(9-6-18)26-27-30-28(36)23-11-10-22(17-25(23)35(27)32-31-26)29(37)34-14-12-33(13-15-34)24-16-19(2)4-7-20(24)3/h4-11,16-17,32H,12-15H2,1-3H3. The highest BCUT2D eigenvalue weighted by atomic mass is 16.2. The summed E-state index contributed by atoms with van der Waals surface area (Å²) < 4.78 is 1.68. The maximum absolute atomic E-state index is 13.5. The summed E-state index contributed by atoms with van der Waals surface area (Å²) in [5.74, 6) is -0.0428. The van der Waals surface area contributed by atoms with Gasteiger partial charge in [0.2, 0.25) is 0 Å². The van der Waals surface area contributed by atoms with Crippen molar-refractivity contribution in [3.05, 3.63) is 93.3 Å². The molecule has 0 spiro atoms. The normalized spacial score (nSPS) is 14.0. The van der Waals surface area contributed by atoms with Gasteiger partial charge in [-0.1, -0.05) is 42.0 Å². The Balaban J connectivity index is 1.30. The van der Waals surface area contributed by atoms with Crippen LogP contribution >= 0.6 is 0 Å². The Bertz CT molecular complexity index is 1710. The monoisotopic (exact) mass is 492 g/mol. The molecule has 1 fully saturated rings. The number of piperazine rings is 1. The summed E-state index contributed by atoms with van der Waals surface area (Å²) in [6.45, 7) is 9.07. The number of nitrogens with zero attached hydrogens (tertiary/aromatic N) is 5. The third-order valence-corrected chi connectivity index (χ3v) is 7.21. The Morgan fingerprint density at radius 1 is 0.865 bits per heavy atom. The Kier molecular flexibility index (Phi) is 5.52. The fraction of sp³-hybridized carbons (Fsp3) is 0.241. The van der Waals surface area contributed by atoms with Gasteiger partial charge in [-0.05, 0) is 56.2 Å². The van der Waals surface area contributed by atoms with Crippen LogP contribution in [0.1, 0.15) is 27.0 Å². The van der Waals surface area contributed by atoms with Crippen LogP contribution in [0, 0.1) is 20.8 Å². The highest BCUT2D eigenvalue weighted by molar-refractivity contribution is 5.98. The molecular weight excluding hydrogens is 464 g/mol. The number of rotatable bonds is 3. The Hall–Kier alpha value is -4.46. The largest absolute Gasteiger partial charge is 0.368 e. The van der Waals surface area contributed by atoms with Gasteiger partial charge in [-0.15, -0.1) is 0 Å². The molecule has 1 saturated heterocycles. The molecule has 37 heavy (non-hydrogen) atoms. The number of benzene rings is 3. The van der Waals surface area contributed by atoms with Crippen LogP contribution < -0.4 is 10.5 Å². The molecule has 1 aliphatic heterocycles. The molecule has 6 rings (SSSR count). The van der Waals surface area contributed by atoms with Crippen molar-refractivity contribution in [1.29, 1.82) is 0 Å². The number of anilines is 1. The smallest absolute Gasteiger partial charge is 0.281 e. The zero-order valence-corrected chi connectivity index (χ0v) is 21.2. The Morgan fingerprint density at radius 3 is 2.35 bits per heavy atom. The van der Waals surface area contributed by atoms with Crippen molar-refractivity contribution < 1.29 is 4.79 Å². The number of H-pyrrole nitrogens is 1. The summed E-state index contributed by atoms with van der Waals surface area (Å²) in [7, 11) is 0. The maximum atomic E-state index is 13.5. The molecule has 5 aromatic rings. The number of nitrogens with one attached hydrogen (secondary N) is 1. The van der Waals surface area contributed by atoms with Crippen molar-refractivity contribution >= 4 is 28.1 Å². The highest BCUT2D eigenvalue weighted by Crippen LogP contribution is 2.25. The number of fused-ring (bicyclic) bond motifs is 3. The van der Waals surface area contributed by atoms with Crippen LogP contribution in [0.5, 0.6) is 0 Å². The molecule has 3 aromatic carbocycles. The van der Waals surface area contributed by atoms with Crippen LogP contribution in [0.4, 0.5) is 5.69 Å². The van der Waals surface area contributed by atoms with E-state index in [2.05, 4.69) is 52.2 Å². The first kappa shape index (κ1) is 23.0. The molecule has 2 aromatic heterocycles. The summed E-state index contributed by atoms with van der Waals surface area (Å²) >= 11 is 0. The molecule has 8 nitrogen and oxygen atoms in total. The first-order chi connectivity index (χ1) is 17.9. The van der Waals surface area contributed by atoms with Crippen molar-refractivity contribution in [3.63, 3.8) is 0 Å². The van der Waals surface area contributed by atoms with E-state index in [0.717, 1.165) is 24.2 Å². The van der Waals surface area contributed by atoms with Gasteiger partial charge in [0.25, 0.3) is 11.5 Å². The quantitative estimate of drug-likeness (QED) is 0.409. The van der Waals surface area contributed by atoms with Gasteiger partial charge in [-0.25, -0.2) is 9.73 Å². The molecule has 0 radical (unpaired) electrons. The van der Waals surface area contributed by atoms with E-state index in [1.54, 1.807) is 22.7 Å². The summed E-state index contributed by atoms with van der Waals surface area (Å²) in [6, 6.07) is 19.6. The molecule has 0 bridgehead atoms. The molecule has 3 heterocycles. The Morgan fingerprint density at radius 2 is 1.59 bits per heavy atom. The van der Waals surface area contributed by atoms with Gasteiger partial charge >= 0.3 is 0 Å². The van der Waals surface area contributed by atoms with Gasteiger partial charge in [-0.3, -0.25) is 9.59 Å². The minimum Gasteiger partial charge on any atom is -0.368 e. The van der Waals surface area contributed by atoms with Gasteiger partial charge in [-0.2, -0.15) is 10.1 Å². The number of hydrogen-bond acceptors (Lipinski definition) is 5. The molecule has 0 saturated carbocycles. The van der Waals surface area contributed by atoms with E-state index >= 15 is 0 Å². The predicted octanol–water partition coefficient (Wildman–Crippen LogP) is 4.13. The minimum atomic E-state index is -0.342. The van der Waals surface area contributed by atoms with Gasteiger partial charge in [0.15, 0.2) is 5.65 Å². The van der Waals surface area contributed by atoms with Crippen LogP contribution in [0.25, 0.3) is 27.8 Å². The third-order valence-electron chi connectivity index (χ3n) is 7.21. The second kappa shape index (κ2) is 8.89. The first-order valence-electron chi connectivity index (χ1n) is 12.5. The summed E-state index contributed by atoms with van der Waals surface area (Å²) in [4.78, 5) is 34.9. The van der Waals surface area contributed by atoms with Crippen molar-refractivity contribution in [1.82, 2.24) is 24.7 Å². The molecule has 1 aliphatic rings. The number of carbonyl (C=O) groups excluding carboxylic acids is 1. The van der Waals surface area contributed by atoms with E-state index in [4.69, 9.17) is 0 Å². The zero-order valence-electron chi connectivity index (χ0n) is 21.2. The molecule has 186 valence electrons. The summed E-state index contributed by atoms with van der Waals surface area (Å²) in [5, 5.41) is 7.86. The second-order valence-corrected chi connectivity index (χ2v) is 9.80. The molecule has 1 N–H and O–H groups in total. The molecular formula is C29H28N6O2. The number of carbonyl (C=O) groups is 1. The number of aryl methyl sites for hydroxylation is 3. The lowest BCUT2D eigenvalue weighted by Gasteiger charge is -2.37. The third kappa shape index (κ3) is 4.04. The lowest BCUT2D eigenvalue weighted by Crippen LogP contribution is -2.49. The van der Waals surface area contributed by atoms with Crippen molar-refractivity contribution in [3.8, 4) is 11.3 Å². The predicted molar refractivity (Wildman–Crippen MR) is 145 cm³/mol. The van der Waals surface area contributed by atoms with Crippen molar-refractivity contribution in [2.45, 2.75) is 20.8 Å². The van der Waals surface area contributed by atoms with Crippen molar-refractivity contribution in [2.24, 2.45) is 0 Å². The second-order valence-electron chi connectivity index (χ2n) is 9.80. The maximum Gasteiger partial charge on any atom is 0.281 e. The van der Waals surface area contributed by atoms with Crippen LogP contribution in [0.3, 0.4) is 0 Å². The fourth-order valence-electron chi connectivity index (χ4n) is 5.06. The topological polar surface area (TPSA) is 86.6 Å². The van der Waals surface area contributed by atoms with E-state index in [-0.39, 0.29) is 11.5 Å². The molecule has 0 aliphatic carbocycles. The lowest BCUT2D eigenvalue weighted by atomic mass is 10.1. The molecule has 1 amide bonds. The molecule has 0 atom stereocenters. The molecule has 8 heteroatoms. The van der Waals surface area contributed by atoms with E-state index in [1.807, 2.05) is 36.1 Å². The lowest BCUT2D eigenvalue weighted by molar-refractivity contribution is 0.0747. The average molecular weight is 493 g/mol. The van der Waals surface area contributed by atoms with Crippen LogP contribution in [-0.4, -0.2) is 56.8 Å². The van der Waals surface area contributed by atoms with Gasteiger partial charge < -0.3 is 9.80 Å². The highest BCUT2D eigenvalue weighted by Gasteiger charge is 2.24. The summed E-state index contributed by atoms with van der Waals surface area (Å²) in [5.41, 5.74) is 7.53. The van der Waals surface area contributed by atoms with Crippen LogP contribution in [0.15, 0.2) is 65.5 Å².